The molecule has 5 heteroatoms. The van der Waals surface area contributed by atoms with E-state index in [1.165, 1.54) is 0 Å². The Morgan fingerprint density at radius 2 is 2.00 bits per heavy atom. The lowest BCUT2D eigenvalue weighted by molar-refractivity contribution is -0.138. The van der Waals surface area contributed by atoms with Gasteiger partial charge in [0.05, 0.1) is 18.7 Å². The highest BCUT2D eigenvalue weighted by molar-refractivity contribution is 5.76. The predicted molar refractivity (Wildman–Crippen MR) is 75.6 cm³/mol. The number of carboxylic acids is 1. The van der Waals surface area contributed by atoms with Crippen LogP contribution in [0.2, 0.25) is 0 Å². The second-order valence-electron chi connectivity index (χ2n) is 4.73. The molecule has 1 aromatic heterocycles. The Morgan fingerprint density at radius 1 is 1.35 bits per heavy atom. The highest BCUT2D eigenvalue weighted by Gasteiger charge is 2.23. The maximum absolute atomic E-state index is 11.2. The maximum Gasteiger partial charge on any atom is 0.310 e. The Kier molecular flexibility index (Phi) is 3.79. The van der Waals surface area contributed by atoms with Crippen LogP contribution < -0.4 is 4.74 Å². The first kappa shape index (κ1) is 14.1. The fourth-order valence-electron chi connectivity index (χ4n) is 2.44. The number of nitrogens with zero attached hydrogens (tertiary/aromatic N) is 2. The first-order valence-electron chi connectivity index (χ1n) is 6.39. The lowest BCUT2D eigenvalue weighted by Crippen LogP contribution is -2.10. The second-order valence-corrected chi connectivity index (χ2v) is 4.73. The molecule has 2 rings (SSSR count). The highest BCUT2D eigenvalue weighted by Crippen LogP contribution is 2.29. The summed E-state index contributed by atoms with van der Waals surface area (Å²) < 4.78 is 7.07. The van der Waals surface area contributed by atoms with Gasteiger partial charge in [0.25, 0.3) is 0 Å². The maximum atomic E-state index is 11.2. The number of aryl methyl sites for hydroxylation is 1. The van der Waals surface area contributed by atoms with Crippen LogP contribution in [-0.4, -0.2) is 28.0 Å². The minimum atomic E-state index is -0.851. The quantitative estimate of drug-likeness (QED) is 0.931. The van der Waals surface area contributed by atoms with Crippen LogP contribution in [0.3, 0.4) is 0 Å². The average Bonchev–Trinajstić information content (AvgIpc) is 2.73. The van der Waals surface area contributed by atoms with Crippen molar-refractivity contribution in [1.29, 1.82) is 0 Å². The summed E-state index contributed by atoms with van der Waals surface area (Å²) in [5.74, 6) is -0.734. The van der Waals surface area contributed by atoms with Gasteiger partial charge in [0.1, 0.15) is 11.4 Å². The summed E-state index contributed by atoms with van der Waals surface area (Å²) in [5, 5.41) is 13.7. The number of hydrogen-bond donors (Lipinski definition) is 1. The third-order valence-electron chi connectivity index (χ3n) is 3.46. The van der Waals surface area contributed by atoms with Crippen molar-refractivity contribution in [3.8, 4) is 11.4 Å². The third kappa shape index (κ3) is 2.27. The molecule has 0 aliphatic rings. The predicted octanol–water partition coefficient (Wildman–Crippen LogP) is 2.69. The Bertz CT molecular complexity index is 647. The molecule has 1 aromatic carbocycles. The van der Waals surface area contributed by atoms with E-state index in [1.807, 2.05) is 38.1 Å². The fourth-order valence-corrected chi connectivity index (χ4v) is 2.44. The van der Waals surface area contributed by atoms with E-state index in [4.69, 9.17) is 4.74 Å². The number of carbonyl (C=O) groups is 1. The zero-order valence-electron chi connectivity index (χ0n) is 12.0. The van der Waals surface area contributed by atoms with Crippen LogP contribution in [0.1, 0.15) is 29.8 Å². The van der Waals surface area contributed by atoms with Gasteiger partial charge in [0, 0.05) is 11.3 Å². The van der Waals surface area contributed by atoms with Crippen molar-refractivity contribution < 1.29 is 14.6 Å². The molecular formula is C15H18N2O3. The summed E-state index contributed by atoms with van der Waals surface area (Å²) in [6, 6.07) is 7.53. The van der Waals surface area contributed by atoms with Gasteiger partial charge in [-0.3, -0.25) is 4.79 Å². The van der Waals surface area contributed by atoms with Crippen LogP contribution in [0.4, 0.5) is 0 Å². The Labute approximate surface area is 117 Å². The molecule has 2 aromatic rings. The van der Waals surface area contributed by atoms with E-state index >= 15 is 0 Å². The summed E-state index contributed by atoms with van der Waals surface area (Å²) in [6.07, 6.45) is 0. The highest BCUT2D eigenvalue weighted by atomic mass is 16.5. The monoisotopic (exact) mass is 274 g/mol. The molecule has 0 aliphatic carbocycles. The van der Waals surface area contributed by atoms with Crippen molar-refractivity contribution in [2.75, 3.05) is 7.11 Å². The first-order chi connectivity index (χ1) is 9.47. The summed E-state index contributed by atoms with van der Waals surface area (Å²) in [4.78, 5) is 11.2. The van der Waals surface area contributed by atoms with Gasteiger partial charge in [-0.25, -0.2) is 4.68 Å². The average molecular weight is 274 g/mol. The van der Waals surface area contributed by atoms with Gasteiger partial charge in [-0.15, -0.1) is 0 Å². The number of benzene rings is 1. The van der Waals surface area contributed by atoms with Gasteiger partial charge in [0.2, 0.25) is 0 Å². The molecule has 0 radical (unpaired) electrons. The van der Waals surface area contributed by atoms with Crippen molar-refractivity contribution in [2.45, 2.75) is 26.7 Å². The van der Waals surface area contributed by atoms with Crippen LogP contribution in [0.5, 0.6) is 5.75 Å². The molecule has 0 amide bonds. The van der Waals surface area contributed by atoms with E-state index in [1.54, 1.807) is 18.7 Å². The third-order valence-corrected chi connectivity index (χ3v) is 3.46. The van der Waals surface area contributed by atoms with E-state index in [-0.39, 0.29) is 0 Å². The molecule has 0 aliphatic heterocycles. The summed E-state index contributed by atoms with van der Waals surface area (Å²) >= 11 is 0. The zero-order valence-corrected chi connectivity index (χ0v) is 12.0. The fraction of sp³-hybridized carbons (Fsp3) is 0.333. The smallest absolute Gasteiger partial charge is 0.310 e. The first-order valence-corrected chi connectivity index (χ1v) is 6.39. The van der Waals surface area contributed by atoms with Crippen LogP contribution in [0.15, 0.2) is 24.3 Å². The molecule has 20 heavy (non-hydrogen) atoms. The second kappa shape index (κ2) is 5.36. The Morgan fingerprint density at radius 3 is 2.60 bits per heavy atom. The summed E-state index contributed by atoms with van der Waals surface area (Å²) in [7, 11) is 1.60. The molecule has 1 N–H and O–H groups in total. The molecule has 1 atom stereocenters. The SMILES string of the molecule is COc1ccccc1-n1nc(C)c(C(C)C(=O)O)c1C. The number of methoxy groups -OCH3 is 1. The molecule has 1 heterocycles. The number of para-hydroxylation sites is 2. The van der Waals surface area contributed by atoms with E-state index in [9.17, 15) is 9.90 Å². The molecule has 0 saturated carbocycles. The van der Waals surface area contributed by atoms with Crippen LogP contribution in [0, 0.1) is 13.8 Å². The van der Waals surface area contributed by atoms with Crippen molar-refractivity contribution in [3.05, 3.63) is 41.2 Å². The standard InChI is InChI=1S/C15H18N2O3/c1-9(15(18)19)14-10(2)16-17(11(14)3)12-7-5-6-8-13(12)20-4/h5-9H,1-4H3,(H,18,19). The number of aromatic nitrogens is 2. The van der Waals surface area contributed by atoms with Crippen molar-refractivity contribution in [1.82, 2.24) is 9.78 Å². The molecule has 1 unspecified atom stereocenters. The molecule has 0 bridgehead atoms. The zero-order chi connectivity index (χ0) is 14.9. The van der Waals surface area contributed by atoms with Crippen molar-refractivity contribution >= 4 is 5.97 Å². The molecule has 5 nitrogen and oxygen atoms in total. The number of rotatable bonds is 4. The topological polar surface area (TPSA) is 64.4 Å². The molecular weight excluding hydrogens is 256 g/mol. The van der Waals surface area contributed by atoms with Gasteiger partial charge >= 0.3 is 5.97 Å². The number of hydrogen-bond acceptors (Lipinski definition) is 3. The van der Waals surface area contributed by atoms with Crippen molar-refractivity contribution in [3.63, 3.8) is 0 Å². The van der Waals surface area contributed by atoms with Crippen LogP contribution in [0.25, 0.3) is 5.69 Å². The van der Waals surface area contributed by atoms with E-state index < -0.39 is 11.9 Å². The van der Waals surface area contributed by atoms with Crippen LogP contribution in [-0.2, 0) is 4.79 Å². The lowest BCUT2D eigenvalue weighted by Gasteiger charge is -2.11. The lowest BCUT2D eigenvalue weighted by atomic mass is 9.99. The molecule has 106 valence electrons. The molecule has 0 spiro atoms. The number of aliphatic carboxylic acids is 1. The van der Waals surface area contributed by atoms with E-state index in [2.05, 4.69) is 5.10 Å². The van der Waals surface area contributed by atoms with Gasteiger partial charge in [-0.2, -0.15) is 5.10 Å². The van der Waals surface area contributed by atoms with Gasteiger partial charge in [0.15, 0.2) is 0 Å². The minimum absolute atomic E-state index is 0.585. The number of ether oxygens (including phenoxy) is 1. The van der Waals surface area contributed by atoms with Gasteiger partial charge < -0.3 is 9.84 Å². The minimum Gasteiger partial charge on any atom is -0.494 e. The molecule has 0 saturated heterocycles. The van der Waals surface area contributed by atoms with E-state index in [0.29, 0.717) is 5.75 Å². The van der Waals surface area contributed by atoms with Crippen LogP contribution >= 0.6 is 0 Å². The number of carboxylic acid groups (broad SMARTS) is 1. The van der Waals surface area contributed by atoms with Gasteiger partial charge in [-0.1, -0.05) is 12.1 Å². The Balaban J connectivity index is 2.60. The largest absolute Gasteiger partial charge is 0.494 e. The summed E-state index contributed by atoms with van der Waals surface area (Å²) in [6.45, 7) is 5.38. The summed E-state index contributed by atoms with van der Waals surface area (Å²) in [5.41, 5.74) is 3.10. The van der Waals surface area contributed by atoms with Gasteiger partial charge in [-0.05, 0) is 32.9 Å². The van der Waals surface area contributed by atoms with Crippen molar-refractivity contribution in [2.24, 2.45) is 0 Å². The Hall–Kier alpha value is -2.30. The van der Waals surface area contributed by atoms with E-state index in [0.717, 1.165) is 22.6 Å². The molecule has 0 fully saturated rings. The normalized spacial score (nSPS) is 12.2.